The van der Waals surface area contributed by atoms with Crippen LogP contribution in [0.1, 0.15) is 32.9 Å². The molecule has 3 aromatic rings. The van der Waals surface area contributed by atoms with Gasteiger partial charge in [0, 0.05) is 34.6 Å². The third kappa shape index (κ3) is 4.41. The van der Waals surface area contributed by atoms with Gasteiger partial charge in [-0.3, -0.25) is 9.36 Å². The van der Waals surface area contributed by atoms with Gasteiger partial charge in [-0.05, 0) is 38.5 Å². The van der Waals surface area contributed by atoms with Crippen molar-refractivity contribution in [3.63, 3.8) is 0 Å². The fourth-order valence-electron chi connectivity index (χ4n) is 2.77. The van der Waals surface area contributed by atoms with Gasteiger partial charge in [-0.15, -0.1) is 11.3 Å². The molecule has 0 aliphatic carbocycles. The van der Waals surface area contributed by atoms with Crippen LogP contribution in [0.3, 0.4) is 0 Å². The maximum Gasteiger partial charge on any atom is 0.331 e. The van der Waals surface area contributed by atoms with E-state index in [-0.39, 0.29) is 12.4 Å². The number of aryl methyl sites for hydroxylation is 2. The summed E-state index contributed by atoms with van der Waals surface area (Å²) in [7, 11) is 0. The molecular weight excluding hydrogens is 360 g/mol. The molecule has 2 aromatic heterocycles. The minimum absolute atomic E-state index is 0.233. The molecule has 0 atom stereocenters. The first-order chi connectivity index (χ1) is 13.0. The van der Waals surface area contributed by atoms with Crippen molar-refractivity contribution in [3.8, 4) is 5.13 Å². The Bertz CT molecular complexity index is 983. The lowest BCUT2D eigenvalue weighted by Crippen LogP contribution is -2.13. The van der Waals surface area contributed by atoms with E-state index < -0.39 is 5.97 Å². The van der Waals surface area contributed by atoms with Crippen LogP contribution in [-0.2, 0) is 9.53 Å². The fraction of sp³-hybridized carbons (Fsp3) is 0.190. The highest BCUT2D eigenvalue weighted by Crippen LogP contribution is 2.22. The lowest BCUT2D eigenvalue weighted by atomic mass is 10.1. The van der Waals surface area contributed by atoms with Crippen LogP contribution in [0.2, 0.25) is 0 Å². The number of hydrogen-bond donors (Lipinski definition) is 0. The number of hydrogen-bond acceptors (Lipinski definition) is 5. The van der Waals surface area contributed by atoms with Crippen molar-refractivity contribution in [2.45, 2.75) is 20.8 Å². The van der Waals surface area contributed by atoms with Crippen LogP contribution in [0.25, 0.3) is 11.2 Å². The van der Waals surface area contributed by atoms with Crippen LogP contribution in [0.4, 0.5) is 0 Å². The number of ketones is 1. The molecule has 0 aliphatic heterocycles. The molecule has 2 heterocycles. The Morgan fingerprint density at radius 2 is 1.93 bits per heavy atom. The Hall–Kier alpha value is -2.99. The lowest BCUT2D eigenvalue weighted by molar-refractivity contribution is -0.136. The van der Waals surface area contributed by atoms with Gasteiger partial charge >= 0.3 is 5.97 Å². The lowest BCUT2D eigenvalue weighted by Gasteiger charge is -2.05. The van der Waals surface area contributed by atoms with Gasteiger partial charge in [0.2, 0.25) is 5.78 Å². The van der Waals surface area contributed by atoms with Crippen LogP contribution >= 0.6 is 11.3 Å². The maximum atomic E-state index is 12.5. The normalized spacial score (nSPS) is 11.1. The molecule has 0 N–H and O–H groups in total. The quantitative estimate of drug-likeness (QED) is 0.363. The van der Waals surface area contributed by atoms with Crippen molar-refractivity contribution in [2.75, 3.05) is 6.61 Å². The van der Waals surface area contributed by atoms with E-state index in [0.29, 0.717) is 5.56 Å². The van der Waals surface area contributed by atoms with Crippen LogP contribution in [0, 0.1) is 20.8 Å². The minimum atomic E-state index is -0.544. The number of aromatic nitrogens is 2. The topological polar surface area (TPSA) is 61.2 Å². The van der Waals surface area contributed by atoms with E-state index in [2.05, 4.69) is 4.98 Å². The molecule has 0 radical (unpaired) electrons. The minimum Gasteiger partial charge on any atom is -0.454 e. The number of esters is 1. The number of Topliss-reactive ketones (excluding diaryl/α,β-unsaturated/α-hetero) is 1. The van der Waals surface area contributed by atoms with Crippen LogP contribution in [-0.4, -0.2) is 27.9 Å². The summed E-state index contributed by atoms with van der Waals surface area (Å²) in [5.74, 6) is -0.777. The number of benzene rings is 1. The summed E-state index contributed by atoms with van der Waals surface area (Å²) < 4.78 is 7.03. The maximum absolute atomic E-state index is 12.5. The fourth-order valence-corrected chi connectivity index (χ4v) is 3.52. The molecule has 1 aromatic carbocycles. The number of nitrogens with zero attached hydrogens (tertiary/aromatic N) is 2. The van der Waals surface area contributed by atoms with Crippen molar-refractivity contribution >= 4 is 29.2 Å². The van der Waals surface area contributed by atoms with Gasteiger partial charge in [0.15, 0.2) is 11.7 Å². The summed E-state index contributed by atoms with van der Waals surface area (Å²) in [6.45, 7) is 5.49. The Morgan fingerprint density at radius 1 is 1.19 bits per heavy atom. The number of thiazole rings is 1. The van der Waals surface area contributed by atoms with E-state index in [1.165, 1.54) is 17.4 Å². The molecule has 0 saturated carbocycles. The van der Waals surface area contributed by atoms with E-state index in [4.69, 9.17) is 4.74 Å². The van der Waals surface area contributed by atoms with Crippen LogP contribution in [0.15, 0.2) is 48.0 Å². The molecule has 0 amide bonds. The zero-order valence-electron chi connectivity index (χ0n) is 15.4. The molecule has 0 aliphatic rings. The summed E-state index contributed by atoms with van der Waals surface area (Å²) >= 11 is 1.50. The second kappa shape index (κ2) is 8.14. The monoisotopic (exact) mass is 380 g/mol. The zero-order chi connectivity index (χ0) is 19.4. The molecule has 0 unspecified atom stereocenters. The summed E-state index contributed by atoms with van der Waals surface area (Å²) in [6, 6.07) is 9.56. The van der Waals surface area contributed by atoms with Gasteiger partial charge in [-0.2, -0.15) is 0 Å². The van der Waals surface area contributed by atoms with Gasteiger partial charge in [-0.25, -0.2) is 9.78 Å². The van der Waals surface area contributed by atoms with Gasteiger partial charge in [0.05, 0.1) is 0 Å². The van der Waals surface area contributed by atoms with Gasteiger partial charge in [-0.1, -0.05) is 29.8 Å². The SMILES string of the molecule is Cc1ccc(/C=C/C(=O)OCC(=O)c2cc(C)n(-c3nccs3)c2C)cc1. The highest BCUT2D eigenvalue weighted by Gasteiger charge is 2.18. The van der Waals surface area contributed by atoms with Crippen molar-refractivity contribution < 1.29 is 14.3 Å². The number of carbonyl (C=O) groups is 2. The first-order valence-corrected chi connectivity index (χ1v) is 9.37. The second-order valence-corrected chi connectivity index (χ2v) is 7.08. The molecule has 6 heteroatoms. The highest BCUT2D eigenvalue weighted by molar-refractivity contribution is 7.12. The van der Waals surface area contributed by atoms with E-state index in [9.17, 15) is 9.59 Å². The second-order valence-electron chi connectivity index (χ2n) is 6.21. The molecule has 27 heavy (non-hydrogen) atoms. The predicted molar refractivity (Wildman–Crippen MR) is 106 cm³/mol. The summed E-state index contributed by atoms with van der Waals surface area (Å²) in [5.41, 5.74) is 4.29. The molecule has 138 valence electrons. The number of rotatable bonds is 6. The molecule has 0 bridgehead atoms. The number of ether oxygens (including phenoxy) is 1. The van der Waals surface area contributed by atoms with Crippen molar-refractivity contribution in [2.24, 2.45) is 0 Å². The van der Waals surface area contributed by atoms with Crippen molar-refractivity contribution in [3.05, 3.63) is 76.1 Å². The van der Waals surface area contributed by atoms with E-state index in [0.717, 1.165) is 27.6 Å². The average Bonchev–Trinajstić information content (AvgIpc) is 3.27. The average molecular weight is 380 g/mol. The van der Waals surface area contributed by atoms with Gasteiger partial charge in [0.1, 0.15) is 0 Å². The predicted octanol–water partition coefficient (Wildman–Crippen LogP) is 4.30. The van der Waals surface area contributed by atoms with E-state index in [1.54, 1.807) is 18.3 Å². The van der Waals surface area contributed by atoms with E-state index >= 15 is 0 Å². The Kier molecular flexibility index (Phi) is 5.66. The molecule has 0 fully saturated rings. The molecule has 0 spiro atoms. The first kappa shape index (κ1) is 18.8. The molecular formula is C21H20N2O3S. The van der Waals surface area contributed by atoms with Gasteiger partial charge in [0.25, 0.3) is 0 Å². The first-order valence-electron chi connectivity index (χ1n) is 8.49. The third-order valence-corrected chi connectivity index (χ3v) is 4.93. The smallest absolute Gasteiger partial charge is 0.331 e. The largest absolute Gasteiger partial charge is 0.454 e. The Balaban J connectivity index is 1.63. The molecule has 0 saturated heterocycles. The van der Waals surface area contributed by atoms with Gasteiger partial charge < -0.3 is 4.74 Å². The highest BCUT2D eigenvalue weighted by atomic mass is 32.1. The zero-order valence-corrected chi connectivity index (χ0v) is 16.2. The van der Waals surface area contributed by atoms with Crippen molar-refractivity contribution in [1.29, 1.82) is 0 Å². The molecule has 3 rings (SSSR count). The van der Waals surface area contributed by atoms with Crippen molar-refractivity contribution in [1.82, 2.24) is 9.55 Å². The Morgan fingerprint density at radius 3 is 2.59 bits per heavy atom. The van der Waals surface area contributed by atoms with E-state index in [1.807, 2.05) is 55.0 Å². The number of carbonyl (C=O) groups excluding carboxylic acids is 2. The standard InChI is InChI=1S/C21H20N2O3S/c1-14-4-6-17(7-5-14)8-9-20(25)26-13-19(24)18-12-15(2)23(16(18)3)21-22-10-11-27-21/h4-12H,13H2,1-3H3/b9-8+. The van der Waals surface area contributed by atoms with Crippen LogP contribution in [0.5, 0.6) is 0 Å². The third-order valence-electron chi connectivity index (χ3n) is 4.18. The summed E-state index contributed by atoms with van der Waals surface area (Å²) in [4.78, 5) is 28.7. The molecule has 5 nitrogen and oxygen atoms in total. The summed E-state index contributed by atoms with van der Waals surface area (Å²) in [6.07, 6.45) is 4.72. The Labute approximate surface area is 161 Å². The van der Waals surface area contributed by atoms with Crippen LogP contribution < -0.4 is 0 Å². The summed E-state index contributed by atoms with van der Waals surface area (Å²) in [5, 5.41) is 2.69.